The van der Waals surface area contributed by atoms with Gasteiger partial charge in [0.25, 0.3) is 0 Å². The van der Waals surface area contributed by atoms with Crippen LogP contribution in [0.5, 0.6) is 0 Å². The maximum atomic E-state index is 5.77. The number of aryl methyl sites for hydroxylation is 1. The molecule has 0 aromatic carbocycles. The first kappa shape index (κ1) is 11.4. The SMILES string of the molecule is Cc1[nH]c2c(c1C)C(=S)C1CN(C)CCC1C2. The highest BCUT2D eigenvalue weighted by atomic mass is 32.1. The molecule has 1 aliphatic heterocycles. The van der Waals surface area contributed by atoms with E-state index in [9.17, 15) is 0 Å². The Hall–Kier alpha value is -0.670. The van der Waals surface area contributed by atoms with Crippen molar-refractivity contribution in [2.24, 2.45) is 11.8 Å². The summed E-state index contributed by atoms with van der Waals surface area (Å²) in [5, 5.41) is 0. The van der Waals surface area contributed by atoms with E-state index in [1.807, 2.05) is 0 Å². The van der Waals surface area contributed by atoms with E-state index < -0.39 is 0 Å². The van der Waals surface area contributed by atoms with Crippen molar-refractivity contribution < 1.29 is 0 Å². The fourth-order valence-electron chi connectivity index (χ4n) is 3.44. The Morgan fingerprint density at radius 3 is 2.88 bits per heavy atom. The van der Waals surface area contributed by atoms with Gasteiger partial charge in [0.05, 0.1) is 0 Å². The van der Waals surface area contributed by atoms with Crippen molar-refractivity contribution in [3.63, 3.8) is 0 Å². The van der Waals surface area contributed by atoms with Gasteiger partial charge in [0, 0.05) is 34.3 Å². The zero-order valence-electron chi connectivity index (χ0n) is 10.8. The van der Waals surface area contributed by atoms with Crippen molar-refractivity contribution in [1.29, 1.82) is 0 Å². The molecule has 2 unspecified atom stereocenters. The van der Waals surface area contributed by atoms with Crippen LogP contribution in [0.2, 0.25) is 0 Å². The molecule has 1 aliphatic carbocycles. The lowest BCUT2D eigenvalue weighted by atomic mass is 9.73. The van der Waals surface area contributed by atoms with E-state index >= 15 is 0 Å². The van der Waals surface area contributed by atoms with E-state index in [4.69, 9.17) is 12.2 Å². The first-order chi connectivity index (χ1) is 8.08. The van der Waals surface area contributed by atoms with Crippen molar-refractivity contribution in [3.8, 4) is 0 Å². The van der Waals surface area contributed by atoms with Gasteiger partial charge in [-0.05, 0) is 51.8 Å². The van der Waals surface area contributed by atoms with Crippen LogP contribution in [-0.2, 0) is 6.42 Å². The van der Waals surface area contributed by atoms with Crippen LogP contribution < -0.4 is 0 Å². The second-order valence-corrected chi connectivity index (χ2v) is 6.15. The van der Waals surface area contributed by atoms with Crippen molar-refractivity contribution in [2.45, 2.75) is 26.7 Å². The molecule has 1 fully saturated rings. The van der Waals surface area contributed by atoms with Gasteiger partial charge in [-0.15, -0.1) is 0 Å². The van der Waals surface area contributed by atoms with Crippen LogP contribution in [0.1, 0.15) is 28.9 Å². The number of nitrogens with zero attached hydrogens (tertiary/aromatic N) is 1. The molecule has 17 heavy (non-hydrogen) atoms. The van der Waals surface area contributed by atoms with E-state index in [0.29, 0.717) is 5.92 Å². The average Bonchev–Trinajstić information content (AvgIpc) is 2.57. The predicted molar refractivity (Wildman–Crippen MR) is 74.8 cm³/mol. The zero-order chi connectivity index (χ0) is 12.2. The van der Waals surface area contributed by atoms with Gasteiger partial charge >= 0.3 is 0 Å². The fourth-order valence-corrected chi connectivity index (χ4v) is 3.98. The second-order valence-electron chi connectivity index (χ2n) is 5.71. The van der Waals surface area contributed by atoms with E-state index in [1.54, 1.807) is 0 Å². The normalized spacial score (nSPS) is 29.0. The Balaban J connectivity index is 2.03. The maximum Gasteiger partial charge on any atom is 0.0291 e. The van der Waals surface area contributed by atoms with Crippen molar-refractivity contribution in [2.75, 3.05) is 20.1 Å². The molecule has 2 heterocycles. The number of hydrogen-bond donors (Lipinski definition) is 1. The lowest BCUT2D eigenvalue weighted by molar-refractivity contribution is 0.180. The standard InChI is InChI=1S/C14H20N2S/c1-8-9(2)15-12-6-10-4-5-16(3)7-11(10)14(17)13(8)12/h10-11,15H,4-7H2,1-3H3. The fraction of sp³-hybridized carbons (Fsp3) is 0.643. The molecule has 1 saturated heterocycles. The Morgan fingerprint density at radius 1 is 1.35 bits per heavy atom. The summed E-state index contributed by atoms with van der Waals surface area (Å²) in [4.78, 5) is 7.17. The lowest BCUT2D eigenvalue weighted by Crippen LogP contribution is -2.44. The predicted octanol–water partition coefficient (Wildman–Crippen LogP) is 2.47. The molecular formula is C14H20N2S. The molecular weight excluding hydrogens is 228 g/mol. The number of aromatic amines is 1. The first-order valence-electron chi connectivity index (χ1n) is 6.48. The number of aromatic nitrogens is 1. The minimum Gasteiger partial charge on any atom is -0.362 e. The minimum absolute atomic E-state index is 0.602. The number of likely N-dealkylation sites (tertiary alicyclic amines) is 1. The molecule has 3 heteroatoms. The van der Waals surface area contributed by atoms with E-state index in [0.717, 1.165) is 12.5 Å². The van der Waals surface area contributed by atoms with E-state index in [1.165, 1.54) is 46.8 Å². The van der Waals surface area contributed by atoms with Gasteiger partial charge < -0.3 is 9.88 Å². The molecule has 0 bridgehead atoms. The molecule has 0 radical (unpaired) electrons. The molecule has 1 aromatic rings. The van der Waals surface area contributed by atoms with Crippen LogP contribution in [-0.4, -0.2) is 34.9 Å². The molecule has 3 rings (SSSR count). The van der Waals surface area contributed by atoms with Crippen LogP contribution in [0.25, 0.3) is 0 Å². The summed E-state index contributed by atoms with van der Waals surface area (Å²) in [7, 11) is 2.21. The number of nitrogens with one attached hydrogen (secondary N) is 1. The smallest absolute Gasteiger partial charge is 0.0291 e. The quantitative estimate of drug-likeness (QED) is 0.711. The molecule has 2 nitrogen and oxygen atoms in total. The second kappa shape index (κ2) is 3.92. The third-order valence-corrected chi connectivity index (χ3v) is 5.09. The van der Waals surface area contributed by atoms with Gasteiger partial charge in [-0.25, -0.2) is 0 Å². The highest BCUT2D eigenvalue weighted by molar-refractivity contribution is 7.80. The number of thiocarbonyl (C=S) groups is 1. The number of hydrogen-bond acceptors (Lipinski definition) is 2. The van der Waals surface area contributed by atoms with Crippen LogP contribution in [0.3, 0.4) is 0 Å². The van der Waals surface area contributed by atoms with Gasteiger partial charge in [0.1, 0.15) is 0 Å². The third kappa shape index (κ3) is 1.67. The Kier molecular flexibility index (Phi) is 2.64. The highest BCUT2D eigenvalue weighted by Crippen LogP contribution is 2.37. The highest BCUT2D eigenvalue weighted by Gasteiger charge is 2.37. The van der Waals surface area contributed by atoms with E-state index in [-0.39, 0.29) is 0 Å². The summed E-state index contributed by atoms with van der Waals surface area (Å²) >= 11 is 5.77. The average molecular weight is 248 g/mol. The van der Waals surface area contributed by atoms with Gasteiger partial charge in [-0.2, -0.15) is 0 Å². The lowest BCUT2D eigenvalue weighted by Gasteiger charge is -2.40. The van der Waals surface area contributed by atoms with Gasteiger partial charge in [-0.1, -0.05) is 12.2 Å². The summed E-state index contributed by atoms with van der Waals surface area (Å²) in [6, 6.07) is 0. The van der Waals surface area contributed by atoms with Crippen LogP contribution >= 0.6 is 12.2 Å². The molecule has 0 amide bonds. The van der Waals surface area contributed by atoms with Gasteiger partial charge in [0.15, 0.2) is 0 Å². The van der Waals surface area contributed by atoms with Crippen molar-refractivity contribution >= 4 is 17.1 Å². The Labute approximate surface area is 108 Å². The molecule has 92 valence electrons. The van der Waals surface area contributed by atoms with Gasteiger partial charge in [0.2, 0.25) is 0 Å². The largest absolute Gasteiger partial charge is 0.362 e. The zero-order valence-corrected chi connectivity index (χ0v) is 11.7. The van der Waals surface area contributed by atoms with E-state index in [2.05, 4.69) is 30.8 Å². The summed E-state index contributed by atoms with van der Waals surface area (Å²) in [6.45, 7) is 6.72. The summed E-state index contributed by atoms with van der Waals surface area (Å²) in [5.74, 6) is 1.37. The first-order valence-corrected chi connectivity index (χ1v) is 6.89. The molecule has 2 atom stereocenters. The Morgan fingerprint density at radius 2 is 2.12 bits per heavy atom. The number of piperidine rings is 1. The third-order valence-electron chi connectivity index (χ3n) is 4.59. The number of fused-ring (bicyclic) bond motifs is 2. The van der Waals surface area contributed by atoms with Gasteiger partial charge in [-0.3, -0.25) is 0 Å². The molecule has 0 spiro atoms. The van der Waals surface area contributed by atoms with Crippen LogP contribution in [0, 0.1) is 25.7 Å². The summed E-state index contributed by atoms with van der Waals surface area (Å²) < 4.78 is 0. The van der Waals surface area contributed by atoms with Crippen LogP contribution in [0.15, 0.2) is 0 Å². The molecule has 1 aromatic heterocycles. The Bertz CT molecular complexity index is 475. The molecule has 0 saturated carbocycles. The monoisotopic (exact) mass is 248 g/mol. The van der Waals surface area contributed by atoms with Crippen molar-refractivity contribution in [1.82, 2.24) is 9.88 Å². The minimum atomic E-state index is 0.602. The number of rotatable bonds is 0. The molecule has 1 N–H and O–H groups in total. The summed E-state index contributed by atoms with van der Waals surface area (Å²) in [6.07, 6.45) is 2.49. The topological polar surface area (TPSA) is 19.0 Å². The van der Waals surface area contributed by atoms with Crippen molar-refractivity contribution in [3.05, 3.63) is 22.5 Å². The van der Waals surface area contributed by atoms with Crippen LogP contribution in [0.4, 0.5) is 0 Å². The molecule has 2 aliphatic rings. The maximum absolute atomic E-state index is 5.77. The number of H-pyrrole nitrogens is 1. The summed E-state index contributed by atoms with van der Waals surface area (Å²) in [5.41, 5.74) is 5.44.